The fourth-order valence-electron chi connectivity index (χ4n) is 1.63. The zero-order valence-corrected chi connectivity index (χ0v) is 12.6. The molecule has 0 bridgehead atoms. The lowest BCUT2D eigenvalue weighted by Crippen LogP contribution is -2.12. The molecule has 6 heteroatoms. The maximum Gasteiger partial charge on any atom is 0.255 e. The summed E-state index contributed by atoms with van der Waals surface area (Å²) in [5.74, 6) is 0.306. The Morgan fingerprint density at radius 2 is 1.95 bits per heavy atom. The fourth-order valence-corrected chi connectivity index (χ4v) is 1.78. The quantitative estimate of drug-likeness (QED) is 0.939. The number of benzene rings is 1. The van der Waals surface area contributed by atoms with Crippen LogP contribution in [0.4, 0.5) is 5.69 Å². The first-order valence-corrected chi connectivity index (χ1v) is 6.05. The summed E-state index contributed by atoms with van der Waals surface area (Å²) in [6.45, 7) is 1.86. The van der Waals surface area contributed by atoms with Crippen LogP contribution in [0.15, 0.2) is 36.7 Å². The van der Waals surface area contributed by atoms with Gasteiger partial charge in [0.25, 0.3) is 5.91 Å². The van der Waals surface area contributed by atoms with E-state index in [4.69, 9.17) is 16.3 Å². The minimum atomic E-state index is -0.220. The van der Waals surface area contributed by atoms with Gasteiger partial charge in [-0.2, -0.15) is 0 Å². The lowest BCUT2D eigenvalue weighted by molar-refractivity contribution is 0.102. The number of ether oxygens (including phenoxy) is 1. The monoisotopic (exact) mass is 312 g/mol. The highest BCUT2D eigenvalue weighted by atomic mass is 35.5. The Morgan fingerprint density at radius 1 is 1.30 bits per heavy atom. The van der Waals surface area contributed by atoms with Crippen molar-refractivity contribution in [2.75, 3.05) is 12.4 Å². The van der Waals surface area contributed by atoms with Crippen molar-refractivity contribution in [2.45, 2.75) is 6.92 Å². The maximum absolute atomic E-state index is 12.1. The zero-order valence-electron chi connectivity index (χ0n) is 11.0. The second-order valence-electron chi connectivity index (χ2n) is 3.99. The van der Waals surface area contributed by atoms with Gasteiger partial charge in [-0.05, 0) is 30.7 Å². The van der Waals surface area contributed by atoms with E-state index >= 15 is 0 Å². The molecular formula is C14H14Cl2N2O2. The third-order valence-electron chi connectivity index (χ3n) is 2.67. The lowest BCUT2D eigenvalue weighted by Gasteiger charge is -2.12. The molecule has 0 atom stereocenters. The van der Waals surface area contributed by atoms with Gasteiger partial charge in [-0.25, -0.2) is 0 Å². The number of amides is 1. The van der Waals surface area contributed by atoms with Crippen LogP contribution in [0, 0.1) is 6.92 Å². The van der Waals surface area contributed by atoms with Crippen LogP contribution in [-0.2, 0) is 0 Å². The Bertz CT molecular complexity index is 604. The van der Waals surface area contributed by atoms with Gasteiger partial charge >= 0.3 is 0 Å². The predicted octanol–water partition coefficient (Wildman–Crippen LogP) is 3.73. The minimum Gasteiger partial charge on any atom is -0.495 e. The number of carbonyl (C=O) groups is 1. The van der Waals surface area contributed by atoms with Gasteiger partial charge in [-0.1, -0.05) is 11.6 Å². The molecular weight excluding hydrogens is 299 g/mol. The van der Waals surface area contributed by atoms with Gasteiger partial charge in [0.2, 0.25) is 0 Å². The summed E-state index contributed by atoms with van der Waals surface area (Å²) in [6, 6.07) is 6.74. The Labute approximate surface area is 128 Å². The highest BCUT2D eigenvalue weighted by Crippen LogP contribution is 2.31. The molecule has 1 aromatic heterocycles. The van der Waals surface area contributed by atoms with Crippen molar-refractivity contribution in [1.29, 1.82) is 0 Å². The number of hydrogen-bond donors (Lipinski definition) is 1. The smallest absolute Gasteiger partial charge is 0.255 e. The van der Waals surface area contributed by atoms with E-state index in [1.54, 1.807) is 36.7 Å². The summed E-state index contributed by atoms with van der Waals surface area (Å²) >= 11 is 6.02. The van der Waals surface area contributed by atoms with Crippen LogP contribution in [-0.4, -0.2) is 18.0 Å². The SMILES string of the molecule is COc1cc(Cl)c(C)cc1NC(=O)c1ccncc1.Cl. The number of pyridine rings is 1. The maximum atomic E-state index is 12.1. The number of carbonyl (C=O) groups excluding carboxylic acids is 1. The summed E-state index contributed by atoms with van der Waals surface area (Å²) in [6.07, 6.45) is 3.14. The molecule has 1 amide bonds. The van der Waals surface area contributed by atoms with Gasteiger partial charge in [0.1, 0.15) is 5.75 Å². The number of hydrogen-bond acceptors (Lipinski definition) is 3. The van der Waals surface area contributed by atoms with Crippen molar-refractivity contribution in [3.05, 3.63) is 52.8 Å². The molecule has 0 saturated heterocycles. The standard InChI is InChI=1S/C14H13ClN2O2.ClH/c1-9-7-12(13(19-2)8-11(9)15)17-14(18)10-3-5-16-6-4-10;/h3-8H,1-2H3,(H,17,18);1H. The van der Waals surface area contributed by atoms with E-state index < -0.39 is 0 Å². The molecule has 106 valence electrons. The van der Waals surface area contributed by atoms with Crippen LogP contribution in [0.25, 0.3) is 0 Å². The third kappa shape index (κ3) is 3.62. The van der Waals surface area contributed by atoms with Gasteiger partial charge < -0.3 is 10.1 Å². The minimum absolute atomic E-state index is 0. The Balaban J connectivity index is 0.00000200. The van der Waals surface area contributed by atoms with Crippen molar-refractivity contribution in [3.63, 3.8) is 0 Å². The summed E-state index contributed by atoms with van der Waals surface area (Å²) < 4.78 is 5.21. The molecule has 4 nitrogen and oxygen atoms in total. The average molecular weight is 313 g/mol. The summed E-state index contributed by atoms with van der Waals surface area (Å²) in [5.41, 5.74) is 1.99. The number of nitrogens with one attached hydrogen (secondary N) is 1. The van der Waals surface area contributed by atoms with Crippen LogP contribution in [0.5, 0.6) is 5.75 Å². The highest BCUT2D eigenvalue weighted by molar-refractivity contribution is 6.31. The van der Waals surface area contributed by atoms with Crippen molar-refractivity contribution < 1.29 is 9.53 Å². The van der Waals surface area contributed by atoms with Crippen LogP contribution < -0.4 is 10.1 Å². The summed E-state index contributed by atoms with van der Waals surface area (Å²) in [4.78, 5) is 15.9. The normalized spacial score (nSPS) is 9.55. The van der Waals surface area contributed by atoms with E-state index in [-0.39, 0.29) is 18.3 Å². The Hall–Kier alpha value is -1.78. The second-order valence-corrected chi connectivity index (χ2v) is 4.40. The lowest BCUT2D eigenvalue weighted by atomic mass is 10.2. The fraction of sp³-hybridized carbons (Fsp3) is 0.143. The van der Waals surface area contributed by atoms with E-state index in [1.165, 1.54) is 7.11 Å². The number of halogens is 2. The van der Waals surface area contributed by atoms with E-state index in [1.807, 2.05) is 6.92 Å². The van der Waals surface area contributed by atoms with Crippen molar-refractivity contribution in [3.8, 4) is 5.75 Å². The molecule has 2 aromatic rings. The van der Waals surface area contributed by atoms with Gasteiger partial charge in [-0.15, -0.1) is 12.4 Å². The number of rotatable bonds is 3. The van der Waals surface area contributed by atoms with E-state index in [2.05, 4.69) is 10.3 Å². The van der Waals surface area contributed by atoms with Gasteiger partial charge in [0, 0.05) is 29.0 Å². The molecule has 0 unspecified atom stereocenters. The number of anilines is 1. The number of aryl methyl sites for hydroxylation is 1. The van der Waals surface area contributed by atoms with Gasteiger partial charge in [-0.3, -0.25) is 9.78 Å². The van der Waals surface area contributed by atoms with E-state index in [0.717, 1.165) is 5.56 Å². The second kappa shape index (κ2) is 7.12. The number of aromatic nitrogens is 1. The van der Waals surface area contributed by atoms with Crippen molar-refractivity contribution in [2.24, 2.45) is 0 Å². The molecule has 1 N–H and O–H groups in total. The van der Waals surface area contributed by atoms with Crippen molar-refractivity contribution >= 4 is 35.6 Å². The molecule has 0 aliphatic heterocycles. The first-order valence-electron chi connectivity index (χ1n) is 5.67. The molecule has 2 rings (SSSR count). The Kier molecular flexibility index (Phi) is 5.80. The zero-order chi connectivity index (χ0) is 13.8. The van der Waals surface area contributed by atoms with Crippen LogP contribution in [0.2, 0.25) is 5.02 Å². The molecule has 0 spiro atoms. The molecule has 0 radical (unpaired) electrons. The molecule has 0 fully saturated rings. The topological polar surface area (TPSA) is 51.2 Å². The molecule has 20 heavy (non-hydrogen) atoms. The molecule has 0 aliphatic carbocycles. The van der Waals surface area contributed by atoms with Crippen LogP contribution >= 0.6 is 24.0 Å². The average Bonchev–Trinajstić information content (AvgIpc) is 2.43. The predicted molar refractivity (Wildman–Crippen MR) is 82.2 cm³/mol. The summed E-state index contributed by atoms with van der Waals surface area (Å²) in [5, 5.41) is 3.39. The molecule has 1 heterocycles. The molecule has 0 aliphatic rings. The largest absolute Gasteiger partial charge is 0.495 e. The third-order valence-corrected chi connectivity index (χ3v) is 3.08. The van der Waals surface area contributed by atoms with Crippen molar-refractivity contribution in [1.82, 2.24) is 4.98 Å². The highest BCUT2D eigenvalue weighted by Gasteiger charge is 2.11. The van der Waals surface area contributed by atoms with Gasteiger partial charge in [0.15, 0.2) is 0 Å². The van der Waals surface area contributed by atoms with E-state index in [0.29, 0.717) is 22.0 Å². The number of methoxy groups -OCH3 is 1. The first-order chi connectivity index (χ1) is 9.11. The van der Waals surface area contributed by atoms with Crippen LogP contribution in [0.3, 0.4) is 0 Å². The van der Waals surface area contributed by atoms with Gasteiger partial charge in [0.05, 0.1) is 12.8 Å². The Morgan fingerprint density at radius 3 is 2.55 bits per heavy atom. The molecule has 1 aromatic carbocycles. The molecule has 0 saturated carbocycles. The number of nitrogens with zero attached hydrogens (tertiary/aromatic N) is 1. The summed E-state index contributed by atoms with van der Waals surface area (Å²) in [7, 11) is 1.53. The first kappa shape index (κ1) is 16.3. The van der Waals surface area contributed by atoms with E-state index in [9.17, 15) is 4.79 Å². The van der Waals surface area contributed by atoms with Crippen LogP contribution in [0.1, 0.15) is 15.9 Å².